The van der Waals surface area contributed by atoms with Gasteiger partial charge in [-0.15, -0.1) is 0 Å². The van der Waals surface area contributed by atoms with E-state index in [1.807, 2.05) is 54.6 Å². The fourth-order valence-electron chi connectivity index (χ4n) is 3.54. The molecule has 0 radical (unpaired) electrons. The lowest BCUT2D eigenvalue weighted by Crippen LogP contribution is -2.07. The Kier molecular flexibility index (Phi) is 5.26. The molecule has 0 amide bonds. The highest BCUT2D eigenvalue weighted by Gasteiger charge is 2.17. The van der Waals surface area contributed by atoms with Gasteiger partial charge in [-0.05, 0) is 34.0 Å². The van der Waals surface area contributed by atoms with Crippen molar-refractivity contribution in [3.8, 4) is 28.1 Å². The zero-order valence-electron chi connectivity index (χ0n) is 16.1. The molecule has 30 heavy (non-hydrogen) atoms. The molecule has 0 saturated heterocycles. The van der Waals surface area contributed by atoms with Crippen LogP contribution in [0.1, 0.15) is 23.3 Å². The first-order valence-corrected chi connectivity index (χ1v) is 9.57. The molecule has 5 heteroatoms. The lowest BCUT2D eigenvalue weighted by Gasteiger charge is -2.12. The number of hydrogen-bond donors (Lipinski definition) is 2. The highest BCUT2D eigenvalue weighted by molar-refractivity contribution is 6.05. The van der Waals surface area contributed by atoms with Crippen molar-refractivity contribution in [2.45, 2.75) is 12.8 Å². The second-order valence-electron chi connectivity index (χ2n) is 6.95. The van der Waals surface area contributed by atoms with Crippen molar-refractivity contribution < 1.29 is 19.8 Å². The van der Waals surface area contributed by atoms with Crippen LogP contribution in [0.2, 0.25) is 0 Å². The third kappa shape index (κ3) is 3.78. The number of hydrogen-bond acceptors (Lipinski definition) is 4. The molecule has 0 unspecified atom stereocenters. The number of aliphatic carboxylic acids is 1. The topological polar surface area (TPSA) is 87.5 Å². The lowest BCUT2D eigenvalue weighted by atomic mass is 9.93. The molecular weight excluding hydrogens is 378 g/mol. The first-order valence-electron chi connectivity index (χ1n) is 9.57. The molecule has 0 bridgehead atoms. The number of carboxylic acids is 1. The molecule has 0 fully saturated rings. The molecule has 1 aromatic heterocycles. The Balaban J connectivity index is 1.82. The first-order chi connectivity index (χ1) is 14.5. The largest absolute Gasteiger partial charge is 0.506 e. The van der Waals surface area contributed by atoms with Crippen LogP contribution in [-0.4, -0.2) is 26.9 Å². The number of ketones is 1. The van der Waals surface area contributed by atoms with Crippen LogP contribution in [0.5, 0.6) is 5.75 Å². The van der Waals surface area contributed by atoms with Gasteiger partial charge in [0.25, 0.3) is 0 Å². The number of aromatic nitrogens is 1. The van der Waals surface area contributed by atoms with Crippen LogP contribution < -0.4 is 0 Å². The SMILES string of the molecule is O=C(O)CCC(=O)c1nc(-c2ccc(-c3ccccc3)c3ccccc23)ccc1O. The highest BCUT2D eigenvalue weighted by Crippen LogP contribution is 2.35. The van der Waals surface area contributed by atoms with Gasteiger partial charge < -0.3 is 10.2 Å². The zero-order chi connectivity index (χ0) is 21.1. The molecule has 3 aromatic carbocycles. The summed E-state index contributed by atoms with van der Waals surface area (Å²) in [4.78, 5) is 27.5. The Labute approximate surface area is 173 Å². The van der Waals surface area contributed by atoms with Gasteiger partial charge in [-0.25, -0.2) is 4.98 Å². The molecular formula is C25H19NO4. The minimum absolute atomic E-state index is 0.107. The third-order valence-electron chi connectivity index (χ3n) is 4.99. The summed E-state index contributed by atoms with van der Waals surface area (Å²) in [6.07, 6.45) is -0.522. The van der Waals surface area contributed by atoms with Crippen LogP contribution in [-0.2, 0) is 4.79 Å². The summed E-state index contributed by atoms with van der Waals surface area (Å²) < 4.78 is 0. The number of rotatable bonds is 6. The van der Waals surface area contributed by atoms with Gasteiger partial charge in [-0.3, -0.25) is 9.59 Å². The van der Waals surface area contributed by atoms with E-state index in [2.05, 4.69) is 17.1 Å². The number of carbonyl (C=O) groups excluding carboxylic acids is 1. The highest BCUT2D eigenvalue weighted by atomic mass is 16.4. The Morgan fingerprint density at radius 1 is 0.733 bits per heavy atom. The first kappa shape index (κ1) is 19.3. The summed E-state index contributed by atoms with van der Waals surface area (Å²) >= 11 is 0. The number of nitrogens with zero attached hydrogens (tertiary/aromatic N) is 1. The van der Waals surface area contributed by atoms with E-state index in [1.54, 1.807) is 6.07 Å². The fraction of sp³-hybridized carbons (Fsp3) is 0.0800. The van der Waals surface area contributed by atoms with E-state index in [1.165, 1.54) is 6.07 Å². The van der Waals surface area contributed by atoms with Gasteiger partial charge in [0.2, 0.25) is 0 Å². The van der Waals surface area contributed by atoms with Crippen molar-refractivity contribution in [2.24, 2.45) is 0 Å². The third-order valence-corrected chi connectivity index (χ3v) is 4.99. The van der Waals surface area contributed by atoms with Crippen LogP contribution in [0.25, 0.3) is 33.2 Å². The molecule has 0 saturated carbocycles. The molecule has 5 nitrogen and oxygen atoms in total. The Hall–Kier alpha value is -3.99. The zero-order valence-corrected chi connectivity index (χ0v) is 16.1. The molecule has 4 aromatic rings. The Bertz CT molecular complexity index is 1250. The number of benzene rings is 3. The van der Waals surface area contributed by atoms with Gasteiger partial charge in [-0.2, -0.15) is 0 Å². The predicted octanol–water partition coefficient (Wildman–Crippen LogP) is 5.32. The van der Waals surface area contributed by atoms with Crippen molar-refractivity contribution >= 4 is 22.5 Å². The van der Waals surface area contributed by atoms with E-state index in [4.69, 9.17) is 5.11 Å². The number of carbonyl (C=O) groups is 2. The predicted molar refractivity (Wildman–Crippen MR) is 115 cm³/mol. The maximum Gasteiger partial charge on any atom is 0.303 e. The number of fused-ring (bicyclic) bond motifs is 1. The average molecular weight is 397 g/mol. The molecule has 0 atom stereocenters. The van der Waals surface area contributed by atoms with Gasteiger partial charge in [0.1, 0.15) is 11.4 Å². The van der Waals surface area contributed by atoms with Crippen molar-refractivity contribution in [3.63, 3.8) is 0 Å². The average Bonchev–Trinajstić information content (AvgIpc) is 2.78. The molecule has 0 spiro atoms. The van der Waals surface area contributed by atoms with Crippen molar-refractivity contribution in [3.05, 3.63) is 84.6 Å². The summed E-state index contributed by atoms with van der Waals surface area (Å²) in [6, 6.07) is 25.1. The summed E-state index contributed by atoms with van der Waals surface area (Å²) in [5.41, 5.74) is 3.46. The quantitative estimate of drug-likeness (QED) is 0.430. The Morgan fingerprint density at radius 3 is 2.07 bits per heavy atom. The Morgan fingerprint density at radius 2 is 1.37 bits per heavy atom. The van der Waals surface area contributed by atoms with E-state index < -0.39 is 11.8 Å². The summed E-state index contributed by atoms with van der Waals surface area (Å²) in [6.45, 7) is 0. The monoisotopic (exact) mass is 397 g/mol. The van der Waals surface area contributed by atoms with Gasteiger partial charge in [-0.1, -0.05) is 66.7 Å². The van der Waals surface area contributed by atoms with E-state index in [0.717, 1.165) is 27.5 Å². The van der Waals surface area contributed by atoms with Crippen molar-refractivity contribution in [2.75, 3.05) is 0 Å². The number of aromatic hydroxyl groups is 1. The van der Waals surface area contributed by atoms with E-state index >= 15 is 0 Å². The lowest BCUT2D eigenvalue weighted by molar-refractivity contribution is -0.136. The maximum absolute atomic E-state index is 12.4. The minimum Gasteiger partial charge on any atom is -0.506 e. The number of Topliss-reactive ketones (excluding diaryl/α,β-unsaturated/α-hetero) is 1. The van der Waals surface area contributed by atoms with E-state index in [-0.39, 0.29) is 24.3 Å². The van der Waals surface area contributed by atoms with Gasteiger partial charge in [0.15, 0.2) is 5.78 Å². The van der Waals surface area contributed by atoms with Crippen LogP contribution in [0.4, 0.5) is 0 Å². The van der Waals surface area contributed by atoms with Crippen LogP contribution in [0.15, 0.2) is 78.9 Å². The van der Waals surface area contributed by atoms with Gasteiger partial charge in [0.05, 0.1) is 12.1 Å². The smallest absolute Gasteiger partial charge is 0.303 e. The maximum atomic E-state index is 12.4. The normalized spacial score (nSPS) is 10.8. The van der Waals surface area contributed by atoms with Gasteiger partial charge >= 0.3 is 5.97 Å². The molecule has 1 heterocycles. The van der Waals surface area contributed by atoms with Crippen LogP contribution in [0.3, 0.4) is 0 Å². The van der Waals surface area contributed by atoms with Crippen LogP contribution in [0, 0.1) is 0 Å². The fourth-order valence-corrected chi connectivity index (χ4v) is 3.54. The van der Waals surface area contributed by atoms with Crippen LogP contribution >= 0.6 is 0 Å². The standard InChI is InChI=1S/C25H19NO4/c27-22-13-12-21(26-25(22)23(28)14-15-24(29)30)20-11-10-17(16-6-2-1-3-7-16)18-8-4-5-9-19(18)20/h1-13,27H,14-15H2,(H,29,30). The van der Waals surface area contributed by atoms with Crippen molar-refractivity contribution in [1.82, 2.24) is 4.98 Å². The molecule has 4 rings (SSSR count). The molecule has 0 aliphatic heterocycles. The van der Waals surface area contributed by atoms with Gasteiger partial charge in [0, 0.05) is 12.0 Å². The second-order valence-corrected chi connectivity index (χ2v) is 6.95. The molecule has 148 valence electrons. The molecule has 2 N–H and O–H groups in total. The van der Waals surface area contributed by atoms with Crippen molar-refractivity contribution in [1.29, 1.82) is 0 Å². The molecule has 0 aliphatic rings. The van der Waals surface area contributed by atoms with E-state index in [9.17, 15) is 14.7 Å². The number of pyridine rings is 1. The van der Waals surface area contributed by atoms with E-state index in [0.29, 0.717) is 5.69 Å². The summed E-state index contributed by atoms with van der Waals surface area (Å²) in [5.74, 6) is -1.82. The number of carboxylic acid groups (broad SMARTS) is 1. The second kappa shape index (κ2) is 8.17. The minimum atomic E-state index is -1.07. The molecule has 0 aliphatic carbocycles. The summed E-state index contributed by atoms with van der Waals surface area (Å²) in [5, 5.41) is 20.9. The summed E-state index contributed by atoms with van der Waals surface area (Å²) in [7, 11) is 0.